The zero-order valence-corrected chi connectivity index (χ0v) is 13.5. The number of hydrogen-bond donors (Lipinski definition) is 1. The second kappa shape index (κ2) is 6.73. The van der Waals surface area contributed by atoms with E-state index in [2.05, 4.69) is 23.5 Å². The van der Waals surface area contributed by atoms with Gasteiger partial charge in [-0.15, -0.1) is 0 Å². The predicted octanol–water partition coefficient (Wildman–Crippen LogP) is 2.99. The lowest BCUT2D eigenvalue weighted by Crippen LogP contribution is -2.39. The van der Waals surface area contributed by atoms with Crippen LogP contribution in [0.1, 0.15) is 27.9 Å². The molecule has 0 bridgehead atoms. The average molecular weight is 311 g/mol. The number of carbonyl (C=O) groups is 1. The Kier molecular flexibility index (Phi) is 4.51. The van der Waals surface area contributed by atoms with Gasteiger partial charge in [-0.2, -0.15) is 0 Å². The topological polar surface area (TPSA) is 47.6 Å². The van der Waals surface area contributed by atoms with E-state index in [1.807, 2.05) is 12.1 Å². The molecule has 0 saturated heterocycles. The minimum atomic E-state index is -0.149. The van der Waals surface area contributed by atoms with Crippen molar-refractivity contribution in [1.29, 1.82) is 0 Å². The molecule has 0 saturated carbocycles. The van der Waals surface area contributed by atoms with Gasteiger partial charge in [-0.25, -0.2) is 0 Å². The summed E-state index contributed by atoms with van der Waals surface area (Å²) in [6, 6.07) is 13.9. The summed E-state index contributed by atoms with van der Waals surface area (Å²) in [5, 5.41) is 3.13. The van der Waals surface area contributed by atoms with E-state index >= 15 is 0 Å². The lowest BCUT2D eigenvalue weighted by Gasteiger charge is -2.26. The maximum absolute atomic E-state index is 12.7. The number of rotatable bonds is 4. The van der Waals surface area contributed by atoms with E-state index in [0.717, 1.165) is 19.3 Å². The molecule has 1 aliphatic carbocycles. The third-order valence-corrected chi connectivity index (χ3v) is 4.34. The summed E-state index contributed by atoms with van der Waals surface area (Å²) < 4.78 is 10.6. The zero-order chi connectivity index (χ0) is 16.2. The Morgan fingerprint density at radius 1 is 1.00 bits per heavy atom. The number of amides is 1. The number of nitrogens with one attached hydrogen (secondary N) is 1. The average Bonchev–Trinajstić information content (AvgIpc) is 2.60. The summed E-state index contributed by atoms with van der Waals surface area (Å²) in [5.74, 6) is 0.903. The first-order valence-electron chi connectivity index (χ1n) is 7.81. The molecule has 120 valence electrons. The molecule has 0 fully saturated rings. The quantitative estimate of drug-likeness (QED) is 0.944. The second-order valence-corrected chi connectivity index (χ2v) is 5.72. The van der Waals surface area contributed by atoms with Gasteiger partial charge in [-0.3, -0.25) is 4.79 Å². The van der Waals surface area contributed by atoms with Gasteiger partial charge in [-0.05, 0) is 42.5 Å². The van der Waals surface area contributed by atoms with Gasteiger partial charge in [0.15, 0.2) is 0 Å². The van der Waals surface area contributed by atoms with Gasteiger partial charge >= 0.3 is 0 Å². The van der Waals surface area contributed by atoms with Crippen LogP contribution >= 0.6 is 0 Å². The van der Waals surface area contributed by atoms with Crippen LogP contribution < -0.4 is 14.8 Å². The first-order valence-corrected chi connectivity index (χ1v) is 7.81. The first kappa shape index (κ1) is 15.4. The van der Waals surface area contributed by atoms with Gasteiger partial charge in [0.2, 0.25) is 0 Å². The first-order chi connectivity index (χ1) is 11.2. The van der Waals surface area contributed by atoms with E-state index in [1.54, 1.807) is 26.4 Å². The van der Waals surface area contributed by atoms with Crippen molar-refractivity contribution in [2.24, 2.45) is 0 Å². The molecule has 0 radical (unpaired) electrons. The molecule has 0 heterocycles. The highest BCUT2D eigenvalue weighted by Crippen LogP contribution is 2.29. The molecule has 2 aromatic rings. The number of methoxy groups -OCH3 is 2. The minimum absolute atomic E-state index is 0.131. The smallest absolute Gasteiger partial charge is 0.259 e. The van der Waals surface area contributed by atoms with Crippen LogP contribution in [-0.2, 0) is 12.8 Å². The van der Waals surface area contributed by atoms with E-state index < -0.39 is 0 Å². The molecule has 2 aromatic carbocycles. The van der Waals surface area contributed by atoms with E-state index in [4.69, 9.17) is 9.47 Å². The van der Waals surface area contributed by atoms with Gasteiger partial charge in [0.25, 0.3) is 5.91 Å². The van der Waals surface area contributed by atoms with Crippen molar-refractivity contribution in [3.63, 3.8) is 0 Å². The SMILES string of the molecule is COc1cccc(OC)c1C(=O)N[C@@H]1CCc2ccccc2C1. The Morgan fingerprint density at radius 3 is 2.30 bits per heavy atom. The van der Waals surface area contributed by atoms with Crippen molar-refractivity contribution in [3.05, 3.63) is 59.2 Å². The summed E-state index contributed by atoms with van der Waals surface area (Å²) in [7, 11) is 3.12. The number of hydrogen-bond acceptors (Lipinski definition) is 3. The minimum Gasteiger partial charge on any atom is -0.496 e. The molecule has 23 heavy (non-hydrogen) atoms. The molecule has 1 amide bonds. The van der Waals surface area contributed by atoms with Crippen molar-refractivity contribution in [3.8, 4) is 11.5 Å². The van der Waals surface area contributed by atoms with E-state index in [-0.39, 0.29) is 11.9 Å². The molecular formula is C19H21NO3. The highest BCUT2D eigenvalue weighted by atomic mass is 16.5. The summed E-state index contributed by atoms with van der Waals surface area (Å²) >= 11 is 0. The summed E-state index contributed by atoms with van der Waals surface area (Å²) in [4.78, 5) is 12.7. The fourth-order valence-electron chi connectivity index (χ4n) is 3.15. The van der Waals surface area contributed by atoms with Crippen LogP contribution in [0.5, 0.6) is 11.5 Å². The Bertz CT molecular complexity index is 689. The Balaban J connectivity index is 1.78. The maximum atomic E-state index is 12.7. The van der Waals surface area contributed by atoms with Crippen LogP contribution in [-0.4, -0.2) is 26.2 Å². The molecule has 1 aliphatic rings. The third kappa shape index (κ3) is 3.16. The number of fused-ring (bicyclic) bond motifs is 1. The number of benzene rings is 2. The molecule has 0 aliphatic heterocycles. The number of aryl methyl sites for hydroxylation is 1. The van der Waals surface area contributed by atoms with Crippen LogP contribution in [0.3, 0.4) is 0 Å². The highest BCUT2D eigenvalue weighted by molar-refractivity contribution is 5.99. The molecule has 0 aromatic heterocycles. The van der Waals surface area contributed by atoms with E-state index in [9.17, 15) is 4.79 Å². The van der Waals surface area contributed by atoms with Gasteiger partial charge in [0, 0.05) is 6.04 Å². The van der Waals surface area contributed by atoms with Gasteiger partial charge in [-0.1, -0.05) is 30.3 Å². The number of ether oxygens (including phenoxy) is 2. The highest BCUT2D eigenvalue weighted by Gasteiger charge is 2.24. The van der Waals surface area contributed by atoms with Crippen molar-refractivity contribution >= 4 is 5.91 Å². The van der Waals surface area contributed by atoms with Crippen molar-refractivity contribution in [1.82, 2.24) is 5.32 Å². The Hall–Kier alpha value is -2.49. The zero-order valence-electron chi connectivity index (χ0n) is 13.5. The maximum Gasteiger partial charge on any atom is 0.259 e. The molecule has 3 rings (SSSR count). The van der Waals surface area contributed by atoms with Gasteiger partial charge in [0.05, 0.1) is 14.2 Å². The Labute approximate surface area is 136 Å². The molecule has 0 unspecified atom stereocenters. The van der Waals surface area contributed by atoms with Gasteiger partial charge < -0.3 is 14.8 Å². The molecule has 1 atom stereocenters. The summed E-state index contributed by atoms with van der Waals surface area (Å²) in [6.45, 7) is 0. The predicted molar refractivity (Wildman–Crippen MR) is 89.3 cm³/mol. The third-order valence-electron chi connectivity index (χ3n) is 4.34. The summed E-state index contributed by atoms with van der Waals surface area (Å²) in [5.41, 5.74) is 3.15. The van der Waals surface area contributed by atoms with Crippen LogP contribution in [0.2, 0.25) is 0 Å². The molecule has 0 spiro atoms. The fourth-order valence-corrected chi connectivity index (χ4v) is 3.15. The van der Waals surface area contributed by atoms with Crippen molar-refractivity contribution in [2.45, 2.75) is 25.3 Å². The molecule has 4 nitrogen and oxygen atoms in total. The van der Waals surface area contributed by atoms with E-state index in [1.165, 1.54) is 11.1 Å². The van der Waals surface area contributed by atoms with E-state index in [0.29, 0.717) is 17.1 Å². The summed E-state index contributed by atoms with van der Waals surface area (Å²) in [6.07, 6.45) is 2.80. The van der Waals surface area contributed by atoms with Crippen LogP contribution in [0, 0.1) is 0 Å². The second-order valence-electron chi connectivity index (χ2n) is 5.72. The molecular weight excluding hydrogens is 290 g/mol. The Morgan fingerprint density at radius 2 is 1.65 bits per heavy atom. The van der Waals surface area contributed by atoms with Crippen LogP contribution in [0.4, 0.5) is 0 Å². The lowest BCUT2D eigenvalue weighted by atomic mass is 9.88. The van der Waals surface area contributed by atoms with Gasteiger partial charge in [0.1, 0.15) is 17.1 Å². The van der Waals surface area contributed by atoms with Crippen LogP contribution in [0.15, 0.2) is 42.5 Å². The fraction of sp³-hybridized carbons (Fsp3) is 0.316. The van der Waals surface area contributed by atoms with Crippen LogP contribution in [0.25, 0.3) is 0 Å². The molecule has 1 N–H and O–H groups in total. The van der Waals surface area contributed by atoms with Crippen molar-refractivity contribution in [2.75, 3.05) is 14.2 Å². The normalized spacial score (nSPS) is 16.3. The standard InChI is InChI=1S/C19H21NO3/c1-22-16-8-5-9-17(23-2)18(16)19(21)20-15-11-10-13-6-3-4-7-14(13)12-15/h3-9,15H,10-12H2,1-2H3,(H,20,21)/t15-/m1/s1. The lowest BCUT2D eigenvalue weighted by molar-refractivity contribution is 0.0927. The van der Waals surface area contributed by atoms with Crippen molar-refractivity contribution < 1.29 is 14.3 Å². The number of carbonyl (C=O) groups excluding carboxylic acids is 1. The largest absolute Gasteiger partial charge is 0.496 e. The monoisotopic (exact) mass is 311 g/mol. The molecule has 4 heteroatoms.